The Hall–Kier alpha value is -1.16. The van der Waals surface area contributed by atoms with E-state index in [0.29, 0.717) is 17.4 Å². The molecule has 2 nitrogen and oxygen atoms in total. The quantitative estimate of drug-likeness (QED) is 0.732. The molecule has 1 rings (SSSR count). The van der Waals surface area contributed by atoms with Crippen molar-refractivity contribution in [2.45, 2.75) is 13.5 Å². The van der Waals surface area contributed by atoms with Crippen LogP contribution in [0.5, 0.6) is 5.75 Å². The zero-order valence-electron chi connectivity index (χ0n) is 7.26. The molecule has 5 heteroatoms. The van der Waals surface area contributed by atoms with E-state index < -0.39 is 6.61 Å². The van der Waals surface area contributed by atoms with Crippen LogP contribution in [0.2, 0.25) is 5.02 Å². The maximum atomic E-state index is 11.9. The van der Waals surface area contributed by atoms with Crippen molar-refractivity contribution >= 4 is 17.9 Å². The molecule has 0 heterocycles. The Labute approximate surface area is 84.4 Å². The average molecular weight is 221 g/mol. The highest BCUT2D eigenvalue weighted by molar-refractivity contribution is 6.32. The molecule has 0 atom stereocenters. The Morgan fingerprint density at radius 3 is 2.64 bits per heavy atom. The van der Waals surface area contributed by atoms with Crippen molar-refractivity contribution in [3.05, 3.63) is 28.3 Å². The molecule has 0 radical (unpaired) electrons. The van der Waals surface area contributed by atoms with Crippen LogP contribution in [0.3, 0.4) is 0 Å². The average Bonchev–Trinajstić information content (AvgIpc) is 2.10. The Bertz CT molecular complexity index is 353. The van der Waals surface area contributed by atoms with Crippen molar-refractivity contribution in [3.8, 4) is 5.75 Å². The van der Waals surface area contributed by atoms with Gasteiger partial charge in [-0.05, 0) is 24.6 Å². The summed E-state index contributed by atoms with van der Waals surface area (Å²) < 4.78 is 27.9. The predicted octanol–water partition coefficient (Wildman–Crippen LogP) is 3.06. The van der Waals surface area contributed by atoms with Gasteiger partial charge in [0.25, 0.3) is 0 Å². The van der Waals surface area contributed by atoms with E-state index in [1.54, 1.807) is 6.92 Å². The van der Waals surface area contributed by atoms with E-state index in [2.05, 4.69) is 4.74 Å². The molecule has 0 aliphatic carbocycles. The molecule has 0 spiro atoms. The second-order valence-electron chi connectivity index (χ2n) is 2.64. The van der Waals surface area contributed by atoms with E-state index >= 15 is 0 Å². The molecule has 76 valence electrons. The standard InChI is InChI=1S/C9H7ClF2O2/c1-5-2-8(14-9(11)12)7(10)3-6(5)4-13/h2-4,9H,1H3. The van der Waals surface area contributed by atoms with Crippen LogP contribution in [0, 0.1) is 6.92 Å². The summed E-state index contributed by atoms with van der Waals surface area (Å²) in [6.07, 6.45) is 0.605. The molecule has 0 aliphatic heterocycles. The number of hydrogen-bond donors (Lipinski definition) is 0. The number of benzene rings is 1. The maximum absolute atomic E-state index is 11.9. The van der Waals surface area contributed by atoms with E-state index in [-0.39, 0.29) is 10.8 Å². The first-order valence-corrected chi connectivity index (χ1v) is 4.12. The molecule has 0 unspecified atom stereocenters. The molecule has 0 bridgehead atoms. The van der Waals surface area contributed by atoms with Crippen LogP contribution in [0.25, 0.3) is 0 Å². The van der Waals surface area contributed by atoms with Gasteiger partial charge in [-0.25, -0.2) is 0 Å². The number of rotatable bonds is 3. The molecule has 1 aromatic rings. The lowest BCUT2D eigenvalue weighted by Crippen LogP contribution is -2.03. The second kappa shape index (κ2) is 4.37. The van der Waals surface area contributed by atoms with Crippen LogP contribution in [-0.2, 0) is 0 Å². The van der Waals surface area contributed by atoms with Gasteiger partial charge in [-0.15, -0.1) is 0 Å². The molecule has 0 saturated heterocycles. The Morgan fingerprint density at radius 2 is 2.14 bits per heavy atom. The molecular weight excluding hydrogens is 214 g/mol. The van der Waals surface area contributed by atoms with Crippen LogP contribution in [0.15, 0.2) is 12.1 Å². The molecule has 0 fully saturated rings. The molecule has 0 aromatic heterocycles. The fraction of sp³-hybridized carbons (Fsp3) is 0.222. The summed E-state index contributed by atoms with van der Waals surface area (Å²) in [6.45, 7) is -1.31. The smallest absolute Gasteiger partial charge is 0.387 e. The summed E-state index contributed by atoms with van der Waals surface area (Å²) >= 11 is 5.61. The lowest BCUT2D eigenvalue weighted by atomic mass is 10.1. The Balaban J connectivity index is 3.08. The van der Waals surface area contributed by atoms with Crippen molar-refractivity contribution in [3.63, 3.8) is 0 Å². The number of aryl methyl sites for hydroxylation is 1. The fourth-order valence-electron chi connectivity index (χ4n) is 0.984. The van der Waals surface area contributed by atoms with Crippen LogP contribution in [0.4, 0.5) is 8.78 Å². The molecule has 0 aliphatic rings. The van der Waals surface area contributed by atoms with Gasteiger partial charge in [-0.2, -0.15) is 8.78 Å². The summed E-state index contributed by atoms with van der Waals surface area (Å²) in [6, 6.07) is 2.60. The van der Waals surface area contributed by atoms with E-state index in [1.807, 2.05) is 0 Å². The van der Waals surface area contributed by atoms with Crippen LogP contribution >= 0.6 is 11.6 Å². The molecule has 0 saturated carbocycles. The van der Waals surface area contributed by atoms with E-state index in [4.69, 9.17) is 11.6 Å². The molecule has 0 N–H and O–H groups in total. The van der Waals surface area contributed by atoms with Gasteiger partial charge in [0.1, 0.15) is 12.0 Å². The van der Waals surface area contributed by atoms with Gasteiger partial charge in [0.2, 0.25) is 0 Å². The van der Waals surface area contributed by atoms with E-state index in [0.717, 1.165) is 0 Å². The summed E-state index contributed by atoms with van der Waals surface area (Å²) in [7, 11) is 0. The van der Waals surface area contributed by atoms with Gasteiger partial charge in [0.05, 0.1) is 5.02 Å². The Kier molecular flexibility index (Phi) is 3.41. The molecule has 1 aromatic carbocycles. The number of ether oxygens (including phenoxy) is 1. The number of aldehydes is 1. The SMILES string of the molecule is Cc1cc(OC(F)F)c(Cl)cc1C=O. The van der Waals surface area contributed by atoms with Gasteiger partial charge < -0.3 is 4.74 Å². The van der Waals surface area contributed by atoms with Crippen molar-refractivity contribution < 1.29 is 18.3 Å². The Morgan fingerprint density at radius 1 is 1.50 bits per heavy atom. The number of carbonyl (C=O) groups excluding carboxylic acids is 1. The number of carbonyl (C=O) groups is 1. The number of hydrogen-bond acceptors (Lipinski definition) is 2. The first-order chi connectivity index (χ1) is 6.54. The van der Waals surface area contributed by atoms with Crippen molar-refractivity contribution in [2.24, 2.45) is 0 Å². The van der Waals surface area contributed by atoms with Gasteiger partial charge in [-0.1, -0.05) is 11.6 Å². The summed E-state index contributed by atoms with van der Waals surface area (Å²) in [4.78, 5) is 10.5. The van der Waals surface area contributed by atoms with Crippen LogP contribution in [0.1, 0.15) is 15.9 Å². The van der Waals surface area contributed by atoms with E-state index in [1.165, 1.54) is 12.1 Å². The second-order valence-corrected chi connectivity index (χ2v) is 3.04. The van der Waals surface area contributed by atoms with E-state index in [9.17, 15) is 13.6 Å². The monoisotopic (exact) mass is 220 g/mol. The third-order valence-electron chi connectivity index (χ3n) is 1.66. The topological polar surface area (TPSA) is 26.3 Å². The van der Waals surface area contributed by atoms with Crippen molar-refractivity contribution in [1.29, 1.82) is 0 Å². The van der Waals surface area contributed by atoms with Gasteiger partial charge in [0, 0.05) is 5.56 Å². The summed E-state index contributed by atoms with van der Waals surface area (Å²) in [5.74, 6) is -0.121. The first-order valence-electron chi connectivity index (χ1n) is 3.74. The van der Waals surface area contributed by atoms with Crippen molar-refractivity contribution in [1.82, 2.24) is 0 Å². The third-order valence-corrected chi connectivity index (χ3v) is 1.96. The lowest BCUT2D eigenvalue weighted by Gasteiger charge is -2.08. The molecule has 14 heavy (non-hydrogen) atoms. The molecule has 0 amide bonds. The van der Waals surface area contributed by atoms with Crippen LogP contribution < -0.4 is 4.74 Å². The summed E-state index contributed by atoms with van der Waals surface area (Å²) in [5, 5.41) is -0.00185. The zero-order valence-corrected chi connectivity index (χ0v) is 8.02. The minimum Gasteiger partial charge on any atom is -0.433 e. The highest BCUT2D eigenvalue weighted by Gasteiger charge is 2.10. The van der Waals surface area contributed by atoms with Crippen molar-refractivity contribution in [2.75, 3.05) is 0 Å². The summed E-state index contributed by atoms with van der Waals surface area (Å²) in [5.41, 5.74) is 0.900. The van der Waals surface area contributed by atoms with Gasteiger partial charge >= 0.3 is 6.61 Å². The highest BCUT2D eigenvalue weighted by atomic mass is 35.5. The minimum atomic E-state index is -2.92. The third kappa shape index (κ3) is 2.42. The van der Waals surface area contributed by atoms with Gasteiger partial charge in [0.15, 0.2) is 0 Å². The number of halogens is 3. The van der Waals surface area contributed by atoms with Gasteiger partial charge in [-0.3, -0.25) is 4.79 Å². The zero-order chi connectivity index (χ0) is 10.7. The largest absolute Gasteiger partial charge is 0.433 e. The highest BCUT2D eigenvalue weighted by Crippen LogP contribution is 2.28. The molecular formula is C9H7ClF2O2. The number of alkyl halides is 2. The van der Waals surface area contributed by atoms with Crippen LogP contribution in [-0.4, -0.2) is 12.9 Å². The first kappa shape index (κ1) is 10.9. The predicted molar refractivity (Wildman–Crippen MR) is 48.2 cm³/mol. The lowest BCUT2D eigenvalue weighted by molar-refractivity contribution is -0.0498. The normalized spacial score (nSPS) is 10.4. The maximum Gasteiger partial charge on any atom is 0.387 e. The fourth-order valence-corrected chi connectivity index (χ4v) is 1.20. The minimum absolute atomic E-state index is 0.00185.